The van der Waals surface area contributed by atoms with Crippen LogP contribution in [0.15, 0.2) is 41.1 Å². The number of aromatic nitrogens is 3. The van der Waals surface area contributed by atoms with E-state index in [0.29, 0.717) is 29.4 Å². The number of aryl methyl sites for hydroxylation is 1. The average molecular weight is 439 g/mol. The van der Waals surface area contributed by atoms with Gasteiger partial charge in [0, 0.05) is 36.7 Å². The number of amides is 1. The summed E-state index contributed by atoms with van der Waals surface area (Å²) < 4.78 is 5.54. The molecule has 6 nitrogen and oxygen atoms in total. The Labute approximate surface area is 187 Å². The molecule has 4 rings (SSSR count). The Kier molecular flexibility index (Phi) is 5.84. The maximum absolute atomic E-state index is 13.2. The first-order valence-electron chi connectivity index (χ1n) is 10.6. The third-order valence-corrected chi connectivity index (χ3v) is 5.91. The van der Waals surface area contributed by atoms with E-state index in [0.717, 1.165) is 35.6 Å². The standard InChI is InChI=1S/C24H27ClN4O2/c1-15-12-20(31-28-15)18-13-26-23(24(2,3)4)27-21(18)16-8-7-11-29(14-16)22(30)17-9-5-6-10-19(17)25/h5-6,9-10,12-13,16H,7-8,11,14H2,1-4H3. The Morgan fingerprint density at radius 3 is 2.71 bits per heavy atom. The van der Waals surface area contributed by atoms with Crippen molar-refractivity contribution in [2.75, 3.05) is 13.1 Å². The summed E-state index contributed by atoms with van der Waals surface area (Å²) >= 11 is 6.28. The molecule has 1 aromatic carbocycles. The van der Waals surface area contributed by atoms with Crippen molar-refractivity contribution in [2.45, 2.75) is 51.9 Å². The average Bonchev–Trinajstić information content (AvgIpc) is 3.19. The molecule has 2 aromatic heterocycles. The van der Waals surface area contributed by atoms with Gasteiger partial charge in [-0.25, -0.2) is 9.97 Å². The predicted molar refractivity (Wildman–Crippen MR) is 120 cm³/mol. The molecule has 1 unspecified atom stereocenters. The van der Waals surface area contributed by atoms with Gasteiger partial charge in [-0.1, -0.05) is 49.7 Å². The number of hydrogen-bond acceptors (Lipinski definition) is 5. The third kappa shape index (κ3) is 4.49. The molecule has 0 bridgehead atoms. The van der Waals surface area contributed by atoms with Gasteiger partial charge in [0.15, 0.2) is 5.76 Å². The van der Waals surface area contributed by atoms with Gasteiger partial charge >= 0.3 is 0 Å². The number of piperidine rings is 1. The summed E-state index contributed by atoms with van der Waals surface area (Å²) in [6.07, 6.45) is 3.66. The highest BCUT2D eigenvalue weighted by Crippen LogP contribution is 2.35. The first-order chi connectivity index (χ1) is 14.7. The molecular formula is C24H27ClN4O2. The van der Waals surface area contributed by atoms with Gasteiger partial charge in [-0.05, 0) is 31.9 Å². The molecule has 7 heteroatoms. The van der Waals surface area contributed by atoms with Gasteiger partial charge in [0.25, 0.3) is 5.91 Å². The van der Waals surface area contributed by atoms with Crippen LogP contribution in [0, 0.1) is 6.92 Å². The molecule has 162 valence electrons. The van der Waals surface area contributed by atoms with Crippen molar-refractivity contribution >= 4 is 17.5 Å². The van der Waals surface area contributed by atoms with Crippen molar-refractivity contribution in [3.8, 4) is 11.3 Å². The quantitative estimate of drug-likeness (QED) is 0.546. The van der Waals surface area contributed by atoms with Gasteiger partial charge in [0.2, 0.25) is 0 Å². The number of halogens is 1. The molecular weight excluding hydrogens is 412 g/mol. The summed E-state index contributed by atoms with van der Waals surface area (Å²) in [7, 11) is 0. The summed E-state index contributed by atoms with van der Waals surface area (Å²) in [4.78, 5) is 24.6. The first-order valence-corrected chi connectivity index (χ1v) is 11.0. The zero-order valence-corrected chi connectivity index (χ0v) is 19.1. The van der Waals surface area contributed by atoms with Crippen LogP contribution < -0.4 is 0 Å². The molecule has 3 aromatic rings. The number of carbonyl (C=O) groups is 1. The molecule has 1 fully saturated rings. The van der Waals surface area contributed by atoms with Gasteiger partial charge in [-0.3, -0.25) is 4.79 Å². The maximum atomic E-state index is 13.2. The van der Waals surface area contributed by atoms with Crippen molar-refractivity contribution in [1.82, 2.24) is 20.0 Å². The molecule has 1 aliphatic heterocycles. The van der Waals surface area contributed by atoms with E-state index in [1.54, 1.807) is 12.1 Å². The lowest BCUT2D eigenvalue weighted by Crippen LogP contribution is -2.39. The second-order valence-electron chi connectivity index (χ2n) is 9.15. The Morgan fingerprint density at radius 2 is 2.03 bits per heavy atom. The lowest BCUT2D eigenvalue weighted by Gasteiger charge is -2.33. The van der Waals surface area contributed by atoms with Crippen LogP contribution in [0.3, 0.4) is 0 Å². The molecule has 0 saturated carbocycles. The highest BCUT2D eigenvalue weighted by Gasteiger charge is 2.31. The lowest BCUT2D eigenvalue weighted by molar-refractivity contribution is 0.0706. The van der Waals surface area contributed by atoms with Crippen LogP contribution in [0.5, 0.6) is 0 Å². The summed E-state index contributed by atoms with van der Waals surface area (Å²) in [6, 6.07) is 9.10. The SMILES string of the molecule is Cc1cc(-c2cnc(C(C)(C)C)nc2C2CCCN(C(=O)c3ccccc3Cl)C2)on1. The number of benzene rings is 1. The Bertz CT molecular complexity index is 1100. The first kappa shape index (κ1) is 21.5. The van der Waals surface area contributed by atoms with E-state index >= 15 is 0 Å². The summed E-state index contributed by atoms with van der Waals surface area (Å²) in [5.41, 5.74) is 2.90. The van der Waals surface area contributed by atoms with Crippen LogP contribution in [0.1, 0.15) is 67.1 Å². The van der Waals surface area contributed by atoms with Crippen LogP contribution in [0.2, 0.25) is 5.02 Å². The minimum atomic E-state index is -0.188. The largest absolute Gasteiger partial charge is 0.356 e. The van der Waals surface area contributed by atoms with Crippen LogP contribution in [0.4, 0.5) is 0 Å². The van der Waals surface area contributed by atoms with Gasteiger partial charge in [-0.15, -0.1) is 0 Å². The van der Waals surface area contributed by atoms with Gasteiger partial charge in [0.1, 0.15) is 5.82 Å². The minimum Gasteiger partial charge on any atom is -0.356 e. The van der Waals surface area contributed by atoms with Crippen LogP contribution in [0.25, 0.3) is 11.3 Å². The van der Waals surface area contributed by atoms with Gasteiger partial charge < -0.3 is 9.42 Å². The molecule has 1 amide bonds. The number of rotatable bonds is 3. The molecule has 3 heterocycles. The molecule has 0 N–H and O–H groups in total. The topological polar surface area (TPSA) is 72.1 Å². The van der Waals surface area contributed by atoms with Crippen LogP contribution in [-0.4, -0.2) is 39.0 Å². The third-order valence-electron chi connectivity index (χ3n) is 5.58. The fraction of sp³-hybridized carbons (Fsp3) is 0.417. The van der Waals surface area contributed by atoms with E-state index < -0.39 is 0 Å². The normalized spacial score (nSPS) is 17.1. The predicted octanol–water partition coefficient (Wildman–Crippen LogP) is 5.41. The van der Waals surface area contributed by atoms with Crippen molar-refractivity contribution in [3.05, 3.63) is 64.3 Å². The second-order valence-corrected chi connectivity index (χ2v) is 9.55. The number of hydrogen-bond donors (Lipinski definition) is 0. The van der Waals surface area contributed by atoms with Crippen LogP contribution in [-0.2, 0) is 5.41 Å². The Hall–Kier alpha value is -2.73. The van der Waals surface area contributed by atoms with E-state index in [1.807, 2.05) is 36.2 Å². The van der Waals surface area contributed by atoms with E-state index in [-0.39, 0.29) is 17.2 Å². The highest BCUT2D eigenvalue weighted by atomic mass is 35.5. The summed E-state index contributed by atoms with van der Waals surface area (Å²) in [5.74, 6) is 1.46. The van der Waals surface area contributed by atoms with Gasteiger partial charge in [-0.2, -0.15) is 0 Å². The van der Waals surface area contributed by atoms with E-state index in [4.69, 9.17) is 21.1 Å². The van der Waals surface area contributed by atoms with Crippen LogP contribution >= 0.6 is 11.6 Å². The Balaban J connectivity index is 1.70. The monoisotopic (exact) mass is 438 g/mol. The minimum absolute atomic E-state index is 0.0440. The zero-order chi connectivity index (χ0) is 22.2. The van der Waals surface area contributed by atoms with E-state index in [1.165, 1.54) is 0 Å². The molecule has 0 aliphatic carbocycles. The Morgan fingerprint density at radius 1 is 1.26 bits per heavy atom. The second kappa shape index (κ2) is 8.42. The fourth-order valence-corrected chi connectivity index (χ4v) is 4.15. The number of likely N-dealkylation sites (tertiary alicyclic amines) is 1. The molecule has 1 saturated heterocycles. The fourth-order valence-electron chi connectivity index (χ4n) is 3.94. The molecule has 0 spiro atoms. The summed E-state index contributed by atoms with van der Waals surface area (Å²) in [5, 5.41) is 4.51. The van der Waals surface area contributed by atoms with E-state index in [9.17, 15) is 4.79 Å². The molecule has 1 aliphatic rings. The number of nitrogens with zero attached hydrogens (tertiary/aromatic N) is 4. The maximum Gasteiger partial charge on any atom is 0.255 e. The van der Waals surface area contributed by atoms with Crippen molar-refractivity contribution in [2.24, 2.45) is 0 Å². The van der Waals surface area contributed by atoms with Crippen molar-refractivity contribution < 1.29 is 9.32 Å². The van der Waals surface area contributed by atoms with Crippen molar-refractivity contribution in [1.29, 1.82) is 0 Å². The van der Waals surface area contributed by atoms with Gasteiger partial charge in [0.05, 0.1) is 27.5 Å². The molecule has 1 atom stereocenters. The molecule has 0 radical (unpaired) electrons. The lowest BCUT2D eigenvalue weighted by atomic mass is 9.89. The summed E-state index contributed by atoms with van der Waals surface area (Å²) in [6.45, 7) is 9.45. The highest BCUT2D eigenvalue weighted by molar-refractivity contribution is 6.33. The zero-order valence-electron chi connectivity index (χ0n) is 18.4. The molecule has 31 heavy (non-hydrogen) atoms. The van der Waals surface area contributed by atoms with Crippen molar-refractivity contribution in [3.63, 3.8) is 0 Å². The van der Waals surface area contributed by atoms with E-state index in [2.05, 4.69) is 30.9 Å². The smallest absolute Gasteiger partial charge is 0.255 e. The number of carbonyl (C=O) groups excluding carboxylic acids is 1.